The van der Waals surface area contributed by atoms with Crippen molar-refractivity contribution in [3.05, 3.63) is 94.0 Å². The molecular weight excluding hydrogens is 410 g/mol. The van der Waals surface area contributed by atoms with Gasteiger partial charge in [-0.2, -0.15) is 0 Å². The Hall–Kier alpha value is -3.44. The summed E-state index contributed by atoms with van der Waals surface area (Å²) in [5, 5.41) is 0.669. The van der Waals surface area contributed by atoms with E-state index < -0.39 is 0 Å². The van der Waals surface area contributed by atoms with Gasteiger partial charge in [-0.1, -0.05) is 48.0 Å². The summed E-state index contributed by atoms with van der Waals surface area (Å²) in [5.41, 5.74) is 5.44. The van der Waals surface area contributed by atoms with Gasteiger partial charge >= 0.3 is 0 Å². The third kappa shape index (κ3) is 4.69. The largest absolute Gasteiger partial charge is 0.497 e. The van der Waals surface area contributed by atoms with Gasteiger partial charge in [0.05, 0.1) is 18.0 Å². The van der Waals surface area contributed by atoms with E-state index in [1.165, 1.54) is 11.1 Å². The van der Waals surface area contributed by atoms with E-state index in [1.807, 2.05) is 37.3 Å². The number of benzene rings is 3. The molecule has 1 aliphatic rings. The lowest BCUT2D eigenvalue weighted by Gasteiger charge is -2.32. The van der Waals surface area contributed by atoms with E-state index in [1.54, 1.807) is 7.11 Å². The van der Waals surface area contributed by atoms with Crippen LogP contribution in [0.25, 0.3) is 22.0 Å². The van der Waals surface area contributed by atoms with Crippen LogP contribution in [0.1, 0.15) is 35.7 Å². The average molecular weight is 440 g/mol. The van der Waals surface area contributed by atoms with E-state index in [-0.39, 0.29) is 11.5 Å². The van der Waals surface area contributed by atoms with Crippen LogP contribution in [0.4, 0.5) is 0 Å². The molecule has 0 amide bonds. The molecule has 1 aromatic heterocycles. The van der Waals surface area contributed by atoms with Gasteiger partial charge < -0.3 is 9.72 Å². The van der Waals surface area contributed by atoms with Crippen molar-refractivity contribution in [1.82, 2.24) is 14.9 Å². The minimum atomic E-state index is -0.0380. The molecular formula is C28H29N3O2. The molecule has 168 valence electrons. The average Bonchev–Trinajstić information content (AvgIpc) is 2.85. The summed E-state index contributed by atoms with van der Waals surface area (Å²) in [5.74, 6) is 1.93. The van der Waals surface area contributed by atoms with Crippen molar-refractivity contribution in [3.8, 4) is 16.9 Å². The number of rotatable bonds is 5. The lowest BCUT2D eigenvalue weighted by atomic mass is 9.96. The number of nitrogens with one attached hydrogen (secondary N) is 1. The van der Waals surface area contributed by atoms with Crippen LogP contribution in [0, 0.1) is 6.92 Å². The number of nitrogens with zero attached hydrogens (tertiary/aromatic N) is 2. The number of fused-ring (bicyclic) bond motifs is 1. The van der Waals surface area contributed by atoms with Gasteiger partial charge in [0.2, 0.25) is 0 Å². The molecule has 0 aliphatic carbocycles. The Kier molecular flexibility index (Phi) is 5.97. The van der Waals surface area contributed by atoms with Crippen LogP contribution in [0.3, 0.4) is 0 Å². The molecule has 1 N–H and O–H groups in total. The third-order valence-corrected chi connectivity index (χ3v) is 6.53. The molecule has 0 radical (unpaired) electrons. The molecule has 5 nitrogen and oxygen atoms in total. The van der Waals surface area contributed by atoms with Gasteiger partial charge in [-0.3, -0.25) is 9.69 Å². The third-order valence-electron chi connectivity index (χ3n) is 6.53. The molecule has 1 fully saturated rings. The van der Waals surface area contributed by atoms with E-state index >= 15 is 0 Å². The van der Waals surface area contributed by atoms with Crippen LogP contribution in [0.2, 0.25) is 0 Å². The Morgan fingerprint density at radius 2 is 1.91 bits per heavy atom. The lowest BCUT2D eigenvalue weighted by Crippen LogP contribution is -2.35. The summed E-state index contributed by atoms with van der Waals surface area (Å²) in [6.45, 7) is 4.85. The smallest absolute Gasteiger partial charge is 0.258 e. The molecule has 3 aromatic carbocycles. The van der Waals surface area contributed by atoms with Crippen LogP contribution in [0.5, 0.6) is 5.75 Å². The Morgan fingerprint density at radius 3 is 2.73 bits per heavy atom. The second-order valence-electron chi connectivity index (χ2n) is 8.97. The predicted molar refractivity (Wildman–Crippen MR) is 133 cm³/mol. The number of piperidine rings is 1. The fraction of sp³-hybridized carbons (Fsp3) is 0.286. The number of hydrogen-bond acceptors (Lipinski definition) is 4. The lowest BCUT2D eigenvalue weighted by molar-refractivity contribution is 0.196. The zero-order chi connectivity index (χ0) is 22.8. The van der Waals surface area contributed by atoms with E-state index in [0.717, 1.165) is 60.7 Å². The number of aromatic nitrogens is 2. The molecule has 0 bridgehead atoms. The van der Waals surface area contributed by atoms with Gasteiger partial charge in [0.25, 0.3) is 5.56 Å². The number of hydrogen-bond donors (Lipinski definition) is 1. The summed E-state index contributed by atoms with van der Waals surface area (Å²) < 4.78 is 5.35. The molecule has 1 unspecified atom stereocenters. The van der Waals surface area contributed by atoms with Crippen molar-refractivity contribution in [2.24, 2.45) is 0 Å². The van der Waals surface area contributed by atoms with Crippen LogP contribution < -0.4 is 10.3 Å². The first-order valence-corrected chi connectivity index (χ1v) is 11.6. The quantitative estimate of drug-likeness (QED) is 0.459. The van der Waals surface area contributed by atoms with Crippen molar-refractivity contribution in [2.75, 3.05) is 20.2 Å². The van der Waals surface area contributed by atoms with Gasteiger partial charge in [-0.15, -0.1) is 0 Å². The highest BCUT2D eigenvalue weighted by Crippen LogP contribution is 2.27. The highest BCUT2D eigenvalue weighted by atomic mass is 16.5. The molecule has 5 heteroatoms. The first-order valence-electron chi connectivity index (χ1n) is 11.6. The second kappa shape index (κ2) is 9.20. The monoisotopic (exact) mass is 439 g/mol. The van der Waals surface area contributed by atoms with Crippen molar-refractivity contribution in [1.29, 1.82) is 0 Å². The summed E-state index contributed by atoms with van der Waals surface area (Å²) >= 11 is 0. The molecule has 4 aromatic rings. The molecule has 2 heterocycles. The van der Waals surface area contributed by atoms with E-state index in [2.05, 4.69) is 46.3 Å². The minimum absolute atomic E-state index is 0.0380. The minimum Gasteiger partial charge on any atom is -0.497 e. The van der Waals surface area contributed by atoms with Crippen molar-refractivity contribution in [3.63, 3.8) is 0 Å². The van der Waals surface area contributed by atoms with E-state index in [9.17, 15) is 4.79 Å². The first-order chi connectivity index (χ1) is 16.1. The molecule has 5 rings (SSSR count). The summed E-state index contributed by atoms with van der Waals surface area (Å²) in [7, 11) is 1.69. The van der Waals surface area contributed by atoms with Crippen molar-refractivity contribution < 1.29 is 4.74 Å². The maximum Gasteiger partial charge on any atom is 0.258 e. The summed E-state index contributed by atoms with van der Waals surface area (Å²) in [6, 6.07) is 22.8. The second-order valence-corrected chi connectivity index (χ2v) is 8.97. The highest BCUT2D eigenvalue weighted by molar-refractivity contribution is 5.78. The van der Waals surface area contributed by atoms with Crippen LogP contribution in [-0.2, 0) is 6.54 Å². The molecule has 33 heavy (non-hydrogen) atoms. The Morgan fingerprint density at radius 1 is 1.06 bits per heavy atom. The fourth-order valence-electron chi connectivity index (χ4n) is 4.75. The van der Waals surface area contributed by atoms with Gasteiger partial charge in [0.1, 0.15) is 11.6 Å². The van der Waals surface area contributed by atoms with Crippen LogP contribution >= 0.6 is 0 Å². The summed E-state index contributed by atoms with van der Waals surface area (Å²) in [4.78, 5) is 23.0. The number of aromatic amines is 1. The van der Waals surface area contributed by atoms with Gasteiger partial charge in [0, 0.05) is 19.0 Å². The fourth-order valence-corrected chi connectivity index (χ4v) is 4.75. The number of methoxy groups -OCH3 is 1. The zero-order valence-corrected chi connectivity index (χ0v) is 19.2. The van der Waals surface area contributed by atoms with Crippen molar-refractivity contribution in [2.45, 2.75) is 32.2 Å². The molecule has 0 saturated carbocycles. The Balaban J connectivity index is 1.30. The first kappa shape index (κ1) is 21.4. The normalized spacial score (nSPS) is 16.7. The zero-order valence-electron chi connectivity index (χ0n) is 19.2. The Bertz CT molecular complexity index is 1330. The number of aryl methyl sites for hydroxylation is 1. The van der Waals surface area contributed by atoms with Gasteiger partial charge in [0.15, 0.2) is 0 Å². The molecule has 0 spiro atoms. The molecule has 1 aliphatic heterocycles. The maximum absolute atomic E-state index is 12.6. The molecule has 1 atom stereocenters. The number of likely N-dealkylation sites (tertiary alicyclic amines) is 1. The number of ether oxygens (including phenoxy) is 1. The van der Waals surface area contributed by atoms with Gasteiger partial charge in [-0.05, 0) is 67.3 Å². The summed E-state index contributed by atoms with van der Waals surface area (Å²) in [6.07, 6.45) is 2.15. The highest BCUT2D eigenvalue weighted by Gasteiger charge is 2.24. The SMILES string of the molecule is COc1cccc(-c2ccc(CN3CCCC(c4nc5ccc(C)cc5c(=O)[nH]4)C3)cc2)c1. The van der Waals surface area contributed by atoms with E-state index in [4.69, 9.17) is 9.72 Å². The van der Waals surface area contributed by atoms with Crippen molar-refractivity contribution >= 4 is 10.9 Å². The van der Waals surface area contributed by atoms with Crippen LogP contribution in [-0.4, -0.2) is 35.1 Å². The maximum atomic E-state index is 12.6. The standard InChI is InChI=1S/C28H29N3O2/c1-19-8-13-26-25(15-19)28(32)30-27(29-26)23-6-4-14-31(18-23)17-20-9-11-21(12-10-20)22-5-3-7-24(16-22)33-2/h3,5,7-13,15-16,23H,4,6,14,17-18H2,1-2H3,(H,29,30,32). The molecule has 1 saturated heterocycles. The predicted octanol–water partition coefficient (Wildman–Crippen LogP) is 5.29. The van der Waals surface area contributed by atoms with Gasteiger partial charge in [-0.25, -0.2) is 4.98 Å². The topological polar surface area (TPSA) is 58.2 Å². The van der Waals surface area contributed by atoms with Crippen LogP contribution in [0.15, 0.2) is 71.5 Å². The number of H-pyrrole nitrogens is 1. The Labute approximate surface area is 194 Å². The van der Waals surface area contributed by atoms with E-state index in [0.29, 0.717) is 5.39 Å².